The van der Waals surface area contributed by atoms with Crippen molar-refractivity contribution in [2.24, 2.45) is 0 Å². The standard InChI is InChI=1S/C19H19FO4/c1-3-5-18(21)24-15-7-4-6-14(10-15)16-9-8-13(11-17(16)20)12(2)19(22)23/h4,6-12H,3,5H2,1-2H3,(H,22,23). The van der Waals surface area contributed by atoms with Crippen molar-refractivity contribution in [3.05, 3.63) is 53.8 Å². The largest absolute Gasteiger partial charge is 0.481 e. The maximum Gasteiger partial charge on any atom is 0.311 e. The first-order valence-electron chi connectivity index (χ1n) is 7.75. The Morgan fingerprint density at radius 3 is 2.58 bits per heavy atom. The third-order valence-electron chi connectivity index (χ3n) is 3.69. The molecular formula is C19H19FO4. The second-order valence-electron chi connectivity index (χ2n) is 5.55. The summed E-state index contributed by atoms with van der Waals surface area (Å²) in [5.74, 6) is -2.28. The number of carboxylic acid groups (broad SMARTS) is 1. The highest BCUT2D eigenvalue weighted by Crippen LogP contribution is 2.29. The average molecular weight is 330 g/mol. The first-order valence-corrected chi connectivity index (χ1v) is 7.75. The van der Waals surface area contributed by atoms with Crippen molar-refractivity contribution >= 4 is 11.9 Å². The number of aliphatic carboxylic acids is 1. The normalized spacial score (nSPS) is 11.8. The van der Waals surface area contributed by atoms with Crippen LogP contribution in [0.15, 0.2) is 42.5 Å². The van der Waals surface area contributed by atoms with Gasteiger partial charge in [0.15, 0.2) is 0 Å². The highest BCUT2D eigenvalue weighted by Gasteiger charge is 2.16. The summed E-state index contributed by atoms with van der Waals surface area (Å²) >= 11 is 0. The Morgan fingerprint density at radius 1 is 1.21 bits per heavy atom. The zero-order valence-corrected chi connectivity index (χ0v) is 13.6. The van der Waals surface area contributed by atoms with E-state index in [1.165, 1.54) is 19.1 Å². The Hall–Kier alpha value is -2.69. The number of ether oxygens (including phenoxy) is 1. The molecule has 0 spiro atoms. The molecule has 1 N–H and O–H groups in total. The van der Waals surface area contributed by atoms with E-state index in [1.807, 2.05) is 6.92 Å². The van der Waals surface area contributed by atoms with Gasteiger partial charge in [-0.1, -0.05) is 31.2 Å². The van der Waals surface area contributed by atoms with Crippen molar-refractivity contribution < 1.29 is 23.8 Å². The fourth-order valence-corrected chi connectivity index (χ4v) is 2.29. The molecular weight excluding hydrogens is 311 g/mol. The SMILES string of the molecule is CCCC(=O)Oc1cccc(-c2ccc(C(C)C(=O)O)cc2F)c1. The fraction of sp³-hybridized carbons (Fsp3) is 0.263. The number of rotatable bonds is 6. The van der Waals surface area contributed by atoms with E-state index in [0.29, 0.717) is 35.3 Å². The molecule has 0 radical (unpaired) electrons. The molecule has 2 rings (SSSR count). The summed E-state index contributed by atoms with van der Waals surface area (Å²) in [5, 5.41) is 9.01. The van der Waals surface area contributed by atoms with Crippen LogP contribution in [0.3, 0.4) is 0 Å². The molecule has 1 atom stereocenters. The first-order chi connectivity index (χ1) is 11.4. The Labute approximate surface area is 139 Å². The van der Waals surface area contributed by atoms with Crippen LogP contribution in [-0.4, -0.2) is 17.0 Å². The van der Waals surface area contributed by atoms with Gasteiger partial charge in [0.05, 0.1) is 5.92 Å². The number of hydrogen-bond acceptors (Lipinski definition) is 3. The second-order valence-corrected chi connectivity index (χ2v) is 5.55. The Bertz CT molecular complexity index is 755. The summed E-state index contributed by atoms with van der Waals surface area (Å²) < 4.78 is 19.6. The predicted octanol–water partition coefficient (Wildman–Crippen LogP) is 4.39. The quantitative estimate of drug-likeness (QED) is 0.630. The number of halogens is 1. The minimum Gasteiger partial charge on any atom is -0.481 e. The van der Waals surface area contributed by atoms with Crippen molar-refractivity contribution in [3.63, 3.8) is 0 Å². The molecule has 0 amide bonds. The minimum absolute atomic E-state index is 0.320. The van der Waals surface area contributed by atoms with Gasteiger partial charge in [-0.2, -0.15) is 0 Å². The lowest BCUT2D eigenvalue weighted by atomic mass is 9.97. The van der Waals surface area contributed by atoms with Crippen LogP contribution in [0.2, 0.25) is 0 Å². The fourth-order valence-electron chi connectivity index (χ4n) is 2.29. The second kappa shape index (κ2) is 7.73. The van der Waals surface area contributed by atoms with Gasteiger partial charge in [0.25, 0.3) is 0 Å². The zero-order valence-electron chi connectivity index (χ0n) is 13.6. The summed E-state index contributed by atoms with van der Waals surface area (Å²) in [5.41, 5.74) is 1.28. The van der Waals surface area contributed by atoms with Crippen LogP contribution in [0, 0.1) is 5.82 Å². The molecule has 0 aliphatic rings. The number of benzene rings is 2. The van der Waals surface area contributed by atoms with Crippen molar-refractivity contribution in [1.82, 2.24) is 0 Å². The van der Waals surface area contributed by atoms with Crippen molar-refractivity contribution in [3.8, 4) is 16.9 Å². The minimum atomic E-state index is -1.01. The molecule has 126 valence electrons. The number of carbonyl (C=O) groups excluding carboxylic acids is 1. The molecule has 0 aliphatic heterocycles. The van der Waals surface area contributed by atoms with Crippen molar-refractivity contribution in [1.29, 1.82) is 0 Å². The van der Waals surface area contributed by atoms with Crippen LogP contribution < -0.4 is 4.74 Å². The van der Waals surface area contributed by atoms with Gasteiger partial charge in [-0.05, 0) is 42.7 Å². The molecule has 1 unspecified atom stereocenters. The molecule has 0 aliphatic carbocycles. The molecule has 0 fully saturated rings. The van der Waals surface area contributed by atoms with Crippen LogP contribution in [0.5, 0.6) is 5.75 Å². The summed E-state index contributed by atoms with van der Waals surface area (Å²) in [7, 11) is 0. The van der Waals surface area contributed by atoms with Gasteiger partial charge < -0.3 is 9.84 Å². The van der Waals surface area contributed by atoms with E-state index in [2.05, 4.69) is 0 Å². The highest BCUT2D eigenvalue weighted by atomic mass is 19.1. The number of esters is 1. The Kier molecular flexibility index (Phi) is 5.68. The topological polar surface area (TPSA) is 63.6 Å². The molecule has 4 nitrogen and oxygen atoms in total. The van der Waals surface area contributed by atoms with Gasteiger partial charge in [0.2, 0.25) is 0 Å². The van der Waals surface area contributed by atoms with E-state index < -0.39 is 17.7 Å². The van der Waals surface area contributed by atoms with E-state index in [9.17, 15) is 14.0 Å². The maximum absolute atomic E-state index is 14.4. The maximum atomic E-state index is 14.4. The van der Waals surface area contributed by atoms with Crippen molar-refractivity contribution in [2.75, 3.05) is 0 Å². The predicted molar refractivity (Wildman–Crippen MR) is 88.4 cm³/mol. The van der Waals surface area contributed by atoms with Crippen LogP contribution >= 0.6 is 0 Å². The van der Waals surface area contributed by atoms with E-state index in [-0.39, 0.29) is 5.97 Å². The van der Waals surface area contributed by atoms with E-state index in [4.69, 9.17) is 9.84 Å². The number of carbonyl (C=O) groups is 2. The van der Waals surface area contributed by atoms with Crippen LogP contribution in [-0.2, 0) is 9.59 Å². The van der Waals surface area contributed by atoms with E-state index in [0.717, 1.165) is 0 Å². The Morgan fingerprint density at radius 2 is 1.96 bits per heavy atom. The lowest BCUT2D eigenvalue weighted by molar-refractivity contribution is -0.138. The van der Waals surface area contributed by atoms with E-state index >= 15 is 0 Å². The number of hydrogen-bond donors (Lipinski definition) is 1. The number of carboxylic acids is 1. The smallest absolute Gasteiger partial charge is 0.311 e. The van der Waals surface area contributed by atoms with Gasteiger partial charge in [-0.3, -0.25) is 9.59 Å². The summed E-state index contributed by atoms with van der Waals surface area (Å²) in [6.07, 6.45) is 1.01. The first kappa shape index (κ1) is 17.7. The van der Waals surface area contributed by atoms with Crippen LogP contribution in [0.25, 0.3) is 11.1 Å². The molecule has 0 bridgehead atoms. The monoisotopic (exact) mass is 330 g/mol. The average Bonchev–Trinajstić information content (AvgIpc) is 2.54. The molecule has 0 saturated heterocycles. The van der Waals surface area contributed by atoms with Gasteiger partial charge in [0, 0.05) is 12.0 Å². The summed E-state index contributed by atoms with van der Waals surface area (Å²) in [4.78, 5) is 22.6. The third-order valence-corrected chi connectivity index (χ3v) is 3.69. The highest BCUT2D eigenvalue weighted by molar-refractivity contribution is 5.76. The summed E-state index contributed by atoms with van der Waals surface area (Å²) in [6, 6.07) is 11.0. The molecule has 2 aromatic carbocycles. The third kappa shape index (κ3) is 4.19. The molecule has 5 heteroatoms. The zero-order chi connectivity index (χ0) is 17.7. The van der Waals surface area contributed by atoms with Crippen molar-refractivity contribution in [2.45, 2.75) is 32.6 Å². The lowest BCUT2D eigenvalue weighted by Crippen LogP contribution is -2.08. The van der Waals surface area contributed by atoms with Gasteiger partial charge >= 0.3 is 11.9 Å². The summed E-state index contributed by atoms with van der Waals surface area (Å²) in [6.45, 7) is 3.39. The van der Waals surface area contributed by atoms with Gasteiger partial charge in [-0.25, -0.2) is 4.39 Å². The molecule has 0 heterocycles. The molecule has 2 aromatic rings. The molecule has 0 aromatic heterocycles. The van der Waals surface area contributed by atoms with E-state index in [1.54, 1.807) is 30.3 Å². The van der Waals surface area contributed by atoms with Gasteiger partial charge in [0.1, 0.15) is 11.6 Å². The van der Waals surface area contributed by atoms with Crippen LogP contribution in [0.4, 0.5) is 4.39 Å². The van der Waals surface area contributed by atoms with Crippen LogP contribution in [0.1, 0.15) is 38.2 Å². The van der Waals surface area contributed by atoms with Gasteiger partial charge in [-0.15, -0.1) is 0 Å². The molecule has 24 heavy (non-hydrogen) atoms. The molecule has 0 saturated carbocycles. The Balaban J connectivity index is 2.28. The lowest BCUT2D eigenvalue weighted by Gasteiger charge is -2.11.